The van der Waals surface area contributed by atoms with Crippen LogP contribution in [0.2, 0.25) is 0 Å². The molecule has 2 aromatic rings. The summed E-state index contributed by atoms with van der Waals surface area (Å²) in [5, 5.41) is 8.99. The van der Waals surface area contributed by atoms with Crippen LogP contribution in [-0.2, 0) is 4.74 Å². The molecule has 6 nitrogen and oxygen atoms in total. The summed E-state index contributed by atoms with van der Waals surface area (Å²) in [6.45, 7) is 4.79. The van der Waals surface area contributed by atoms with Crippen molar-refractivity contribution in [3.05, 3.63) is 36.4 Å². The number of para-hydroxylation sites is 1. The van der Waals surface area contributed by atoms with E-state index in [1.54, 1.807) is 7.11 Å². The molecule has 2 aliphatic heterocycles. The highest BCUT2D eigenvalue weighted by molar-refractivity contribution is 5.67. The van der Waals surface area contributed by atoms with Crippen molar-refractivity contribution in [2.75, 3.05) is 44.9 Å². The van der Waals surface area contributed by atoms with E-state index in [1.165, 1.54) is 12.8 Å². The van der Waals surface area contributed by atoms with E-state index in [2.05, 4.69) is 26.1 Å². The molecule has 0 spiro atoms. The molecule has 0 bridgehead atoms. The first-order valence-corrected chi connectivity index (χ1v) is 9.89. The van der Waals surface area contributed by atoms with Gasteiger partial charge in [0.2, 0.25) is 0 Å². The number of hydrogen-bond donors (Lipinski definition) is 0. The summed E-state index contributed by atoms with van der Waals surface area (Å²) >= 11 is 0. The number of fused-ring (bicyclic) bond motifs is 1. The van der Waals surface area contributed by atoms with Crippen molar-refractivity contribution in [3.8, 4) is 17.0 Å². The summed E-state index contributed by atoms with van der Waals surface area (Å²) in [7, 11) is 1.68. The van der Waals surface area contributed by atoms with Crippen molar-refractivity contribution < 1.29 is 9.47 Å². The van der Waals surface area contributed by atoms with E-state index in [-0.39, 0.29) is 0 Å². The summed E-state index contributed by atoms with van der Waals surface area (Å²) in [6.07, 6.45) is 2.74. The van der Waals surface area contributed by atoms with Gasteiger partial charge in [-0.2, -0.15) is 0 Å². The predicted octanol–water partition coefficient (Wildman–Crippen LogP) is 2.45. The van der Waals surface area contributed by atoms with Gasteiger partial charge in [0.25, 0.3) is 0 Å². The summed E-state index contributed by atoms with van der Waals surface area (Å²) in [6, 6.07) is 13.1. The van der Waals surface area contributed by atoms with Crippen LogP contribution in [-0.4, -0.2) is 67.1 Å². The second-order valence-corrected chi connectivity index (χ2v) is 7.76. The molecule has 2 saturated heterocycles. The van der Waals surface area contributed by atoms with Crippen molar-refractivity contribution in [2.45, 2.75) is 24.9 Å². The highest BCUT2D eigenvalue weighted by atomic mass is 16.5. The number of methoxy groups -OCH3 is 1. The van der Waals surface area contributed by atoms with Crippen LogP contribution in [0.3, 0.4) is 0 Å². The minimum Gasteiger partial charge on any atom is -0.496 e. The molecular weight excluding hydrogens is 340 g/mol. The maximum absolute atomic E-state index is 5.92. The van der Waals surface area contributed by atoms with Crippen LogP contribution in [0.5, 0.6) is 5.75 Å². The third-order valence-corrected chi connectivity index (χ3v) is 6.08. The Hall–Kier alpha value is -2.18. The van der Waals surface area contributed by atoms with Crippen LogP contribution in [0.25, 0.3) is 11.3 Å². The lowest BCUT2D eigenvalue weighted by Crippen LogP contribution is -2.62. The maximum Gasteiger partial charge on any atom is 0.151 e. The second-order valence-electron chi connectivity index (χ2n) is 7.76. The number of rotatable bonds is 4. The zero-order valence-electron chi connectivity index (χ0n) is 15.8. The number of piperazine rings is 1. The third kappa shape index (κ3) is 3.28. The first-order valence-electron chi connectivity index (χ1n) is 9.89. The summed E-state index contributed by atoms with van der Waals surface area (Å²) in [5.74, 6) is 2.62. The Morgan fingerprint density at radius 1 is 1.04 bits per heavy atom. The van der Waals surface area contributed by atoms with Gasteiger partial charge >= 0.3 is 0 Å². The van der Waals surface area contributed by atoms with Crippen LogP contribution >= 0.6 is 0 Å². The first kappa shape index (κ1) is 17.0. The molecule has 1 saturated carbocycles. The van der Waals surface area contributed by atoms with Gasteiger partial charge < -0.3 is 14.4 Å². The average molecular weight is 366 g/mol. The highest BCUT2D eigenvalue weighted by Crippen LogP contribution is 2.38. The molecule has 5 rings (SSSR count). The van der Waals surface area contributed by atoms with E-state index in [1.807, 2.05) is 30.3 Å². The number of aromatic nitrogens is 2. The Morgan fingerprint density at radius 2 is 1.93 bits per heavy atom. The number of morpholine rings is 1. The zero-order valence-corrected chi connectivity index (χ0v) is 15.8. The van der Waals surface area contributed by atoms with Gasteiger partial charge in [0, 0.05) is 31.2 Å². The molecule has 3 heterocycles. The standard InChI is InChI=1S/C21H26N4O2/c1-26-20-5-3-2-4-17(20)18-8-9-21(23-22-18)24-10-11-25-16(12-24)13-27-14-19(25)15-6-7-15/h2-5,8-9,15-16,19H,6-7,10-14H2,1H3/t16-,19-/m1/s1. The van der Waals surface area contributed by atoms with E-state index in [0.717, 1.165) is 61.6 Å². The zero-order chi connectivity index (χ0) is 18.2. The molecule has 3 fully saturated rings. The molecule has 0 radical (unpaired) electrons. The topological polar surface area (TPSA) is 50.7 Å². The summed E-state index contributed by atoms with van der Waals surface area (Å²) in [5.41, 5.74) is 1.81. The van der Waals surface area contributed by atoms with Gasteiger partial charge in [-0.25, -0.2) is 0 Å². The second kappa shape index (κ2) is 7.09. The normalized spacial score (nSPS) is 25.9. The maximum atomic E-state index is 5.92. The van der Waals surface area contributed by atoms with E-state index >= 15 is 0 Å². The molecule has 1 aromatic carbocycles. The highest BCUT2D eigenvalue weighted by Gasteiger charge is 2.43. The number of hydrogen-bond acceptors (Lipinski definition) is 6. The van der Waals surface area contributed by atoms with Gasteiger partial charge in [-0.1, -0.05) is 12.1 Å². The lowest BCUT2D eigenvalue weighted by molar-refractivity contribution is -0.0603. The minimum atomic E-state index is 0.466. The van der Waals surface area contributed by atoms with Gasteiger partial charge in [0.05, 0.1) is 32.1 Å². The fraction of sp³-hybridized carbons (Fsp3) is 0.524. The van der Waals surface area contributed by atoms with Crippen molar-refractivity contribution >= 4 is 5.82 Å². The van der Waals surface area contributed by atoms with Crippen molar-refractivity contribution in [3.63, 3.8) is 0 Å². The van der Waals surface area contributed by atoms with Crippen molar-refractivity contribution in [1.29, 1.82) is 0 Å². The number of nitrogens with zero attached hydrogens (tertiary/aromatic N) is 4. The Labute approximate surface area is 160 Å². The summed E-state index contributed by atoms with van der Waals surface area (Å²) in [4.78, 5) is 5.03. The Bertz CT molecular complexity index is 793. The van der Waals surface area contributed by atoms with Crippen LogP contribution in [0.15, 0.2) is 36.4 Å². The molecule has 2 atom stereocenters. The molecule has 3 aliphatic rings. The molecular formula is C21H26N4O2. The summed E-state index contributed by atoms with van der Waals surface area (Å²) < 4.78 is 11.4. The van der Waals surface area contributed by atoms with Gasteiger partial charge in [-0.3, -0.25) is 4.90 Å². The smallest absolute Gasteiger partial charge is 0.151 e. The molecule has 0 N–H and O–H groups in total. The van der Waals surface area contributed by atoms with E-state index in [9.17, 15) is 0 Å². The number of anilines is 1. The van der Waals surface area contributed by atoms with Crippen LogP contribution < -0.4 is 9.64 Å². The monoisotopic (exact) mass is 366 g/mol. The van der Waals surface area contributed by atoms with Gasteiger partial charge in [-0.15, -0.1) is 10.2 Å². The molecule has 1 aromatic heterocycles. The lowest BCUT2D eigenvalue weighted by Gasteiger charge is -2.48. The van der Waals surface area contributed by atoms with Crippen LogP contribution in [0.4, 0.5) is 5.82 Å². The molecule has 142 valence electrons. The van der Waals surface area contributed by atoms with E-state index < -0.39 is 0 Å². The van der Waals surface area contributed by atoms with Crippen LogP contribution in [0.1, 0.15) is 12.8 Å². The third-order valence-electron chi connectivity index (χ3n) is 6.08. The quantitative estimate of drug-likeness (QED) is 0.829. The number of ether oxygens (including phenoxy) is 2. The van der Waals surface area contributed by atoms with Crippen LogP contribution in [0, 0.1) is 5.92 Å². The van der Waals surface area contributed by atoms with E-state index in [4.69, 9.17) is 9.47 Å². The molecule has 27 heavy (non-hydrogen) atoms. The molecule has 0 unspecified atom stereocenters. The molecule has 6 heteroatoms. The fourth-order valence-electron chi connectivity index (χ4n) is 4.46. The SMILES string of the molecule is COc1ccccc1-c1ccc(N2CCN3[C@@H](COC[C@@H]3C3CC3)C2)nn1. The van der Waals surface area contributed by atoms with Gasteiger partial charge in [-0.05, 0) is 43.0 Å². The Kier molecular flexibility index (Phi) is 4.45. The predicted molar refractivity (Wildman–Crippen MR) is 104 cm³/mol. The Balaban J connectivity index is 1.31. The van der Waals surface area contributed by atoms with Crippen molar-refractivity contribution in [1.82, 2.24) is 15.1 Å². The van der Waals surface area contributed by atoms with Gasteiger partial charge in [0.1, 0.15) is 5.75 Å². The fourth-order valence-corrected chi connectivity index (χ4v) is 4.46. The van der Waals surface area contributed by atoms with E-state index in [0.29, 0.717) is 12.1 Å². The lowest BCUT2D eigenvalue weighted by atomic mass is 10.0. The number of benzene rings is 1. The molecule has 1 aliphatic carbocycles. The van der Waals surface area contributed by atoms with Gasteiger partial charge in [0.15, 0.2) is 5.82 Å². The minimum absolute atomic E-state index is 0.466. The Morgan fingerprint density at radius 3 is 2.70 bits per heavy atom. The molecule has 0 amide bonds. The van der Waals surface area contributed by atoms with Crippen molar-refractivity contribution in [2.24, 2.45) is 5.92 Å². The largest absolute Gasteiger partial charge is 0.496 e. The average Bonchev–Trinajstić information content (AvgIpc) is 3.58. The first-order chi connectivity index (χ1) is 13.3.